The molecular formula is C11H18N2O. The predicted molar refractivity (Wildman–Crippen MR) is 54.3 cm³/mol. The summed E-state index contributed by atoms with van der Waals surface area (Å²) in [5.41, 5.74) is 0.176. The molecule has 0 aromatic heterocycles. The van der Waals surface area contributed by atoms with Gasteiger partial charge in [-0.05, 0) is 18.3 Å². The van der Waals surface area contributed by atoms with Gasteiger partial charge >= 0.3 is 0 Å². The van der Waals surface area contributed by atoms with Crippen molar-refractivity contribution in [3.63, 3.8) is 0 Å². The van der Waals surface area contributed by atoms with Crippen LogP contribution in [-0.4, -0.2) is 11.9 Å². The number of rotatable bonds is 4. The second-order valence-electron chi connectivity index (χ2n) is 4.72. The molecule has 1 N–H and O–H groups in total. The molecule has 0 radical (unpaired) electrons. The van der Waals surface area contributed by atoms with E-state index in [4.69, 9.17) is 5.26 Å². The SMILES string of the molecule is CCC(CC#N)NC(=O)C1CC1(C)C. The Morgan fingerprint density at radius 2 is 2.29 bits per heavy atom. The summed E-state index contributed by atoms with van der Waals surface area (Å²) in [4.78, 5) is 11.6. The van der Waals surface area contributed by atoms with Gasteiger partial charge in [0.15, 0.2) is 0 Å². The van der Waals surface area contributed by atoms with Crippen LogP contribution in [0.15, 0.2) is 0 Å². The summed E-state index contributed by atoms with van der Waals surface area (Å²) in [6, 6.07) is 2.12. The molecule has 1 rings (SSSR count). The van der Waals surface area contributed by atoms with Crippen LogP contribution in [-0.2, 0) is 4.79 Å². The van der Waals surface area contributed by atoms with Gasteiger partial charge in [-0.15, -0.1) is 0 Å². The highest BCUT2D eigenvalue weighted by Crippen LogP contribution is 2.51. The summed E-state index contributed by atoms with van der Waals surface area (Å²) in [6.45, 7) is 6.19. The van der Waals surface area contributed by atoms with Crippen LogP contribution in [0.1, 0.15) is 40.0 Å². The van der Waals surface area contributed by atoms with Gasteiger partial charge in [0.25, 0.3) is 0 Å². The maximum atomic E-state index is 11.6. The quantitative estimate of drug-likeness (QED) is 0.742. The summed E-state index contributed by atoms with van der Waals surface area (Å²) in [5.74, 6) is 0.285. The molecule has 0 aromatic rings. The molecule has 2 atom stereocenters. The minimum absolute atomic E-state index is 0.0314. The molecule has 2 unspecified atom stereocenters. The average molecular weight is 194 g/mol. The van der Waals surface area contributed by atoms with Crippen molar-refractivity contribution in [1.29, 1.82) is 5.26 Å². The second-order valence-corrected chi connectivity index (χ2v) is 4.72. The molecule has 0 aromatic carbocycles. The van der Waals surface area contributed by atoms with Crippen molar-refractivity contribution in [3.05, 3.63) is 0 Å². The lowest BCUT2D eigenvalue weighted by molar-refractivity contribution is -0.123. The first-order chi connectivity index (χ1) is 6.51. The Morgan fingerprint density at radius 1 is 1.71 bits per heavy atom. The molecule has 1 aliphatic carbocycles. The molecule has 1 amide bonds. The Balaban J connectivity index is 2.37. The van der Waals surface area contributed by atoms with Gasteiger partial charge in [0.05, 0.1) is 12.5 Å². The van der Waals surface area contributed by atoms with Crippen molar-refractivity contribution in [2.24, 2.45) is 11.3 Å². The maximum Gasteiger partial charge on any atom is 0.223 e. The van der Waals surface area contributed by atoms with E-state index in [0.717, 1.165) is 12.8 Å². The fraction of sp³-hybridized carbons (Fsp3) is 0.818. The number of carbonyl (C=O) groups is 1. The van der Waals surface area contributed by atoms with Crippen LogP contribution < -0.4 is 5.32 Å². The molecule has 78 valence electrons. The Kier molecular flexibility index (Phi) is 3.15. The molecule has 0 heterocycles. The van der Waals surface area contributed by atoms with Crippen molar-refractivity contribution < 1.29 is 4.79 Å². The van der Waals surface area contributed by atoms with Crippen molar-refractivity contribution in [2.75, 3.05) is 0 Å². The van der Waals surface area contributed by atoms with Crippen LogP contribution in [0.25, 0.3) is 0 Å². The molecule has 3 nitrogen and oxygen atoms in total. The summed E-state index contributed by atoms with van der Waals surface area (Å²) in [7, 11) is 0. The van der Waals surface area contributed by atoms with Gasteiger partial charge < -0.3 is 5.32 Å². The molecular weight excluding hydrogens is 176 g/mol. The zero-order chi connectivity index (χ0) is 10.8. The predicted octanol–water partition coefficient (Wildman–Crippen LogP) is 1.84. The monoisotopic (exact) mass is 194 g/mol. The van der Waals surface area contributed by atoms with E-state index in [1.54, 1.807) is 0 Å². The lowest BCUT2D eigenvalue weighted by Crippen LogP contribution is -2.36. The largest absolute Gasteiger partial charge is 0.352 e. The summed E-state index contributed by atoms with van der Waals surface area (Å²) < 4.78 is 0. The van der Waals surface area contributed by atoms with Crippen LogP contribution in [0.2, 0.25) is 0 Å². The Hall–Kier alpha value is -1.04. The summed E-state index contributed by atoms with van der Waals surface area (Å²) in [5, 5.41) is 11.5. The van der Waals surface area contributed by atoms with Crippen molar-refractivity contribution in [1.82, 2.24) is 5.32 Å². The molecule has 0 aliphatic heterocycles. The standard InChI is InChI=1S/C11H18N2O/c1-4-8(5-6-12)13-10(14)9-7-11(9,2)3/h8-9H,4-5,7H2,1-3H3,(H,13,14). The van der Waals surface area contributed by atoms with Gasteiger partial charge in [-0.2, -0.15) is 5.26 Å². The van der Waals surface area contributed by atoms with E-state index in [-0.39, 0.29) is 23.3 Å². The first-order valence-corrected chi connectivity index (χ1v) is 5.18. The summed E-state index contributed by atoms with van der Waals surface area (Å²) >= 11 is 0. The van der Waals surface area contributed by atoms with Gasteiger partial charge in [-0.25, -0.2) is 0 Å². The highest BCUT2D eigenvalue weighted by molar-refractivity contribution is 5.82. The van der Waals surface area contributed by atoms with E-state index in [2.05, 4.69) is 25.2 Å². The smallest absolute Gasteiger partial charge is 0.223 e. The Bertz CT molecular complexity index is 265. The van der Waals surface area contributed by atoms with Crippen molar-refractivity contribution in [2.45, 2.75) is 46.1 Å². The number of hydrogen-bond donors (Lipinski definition) is 1. The molecule has 0 saturated heterocycles. The molecule has 1 saturated carbocycles. The lowest BCUT2D eigenvalue weighted by Gasteiger charge is -2.14. The van der Waals surface area contributed by atoms with Gasteiger partial charge in [0.1, 0.15) is 0 Å². The van der Waals surface area contributed by atoms with Crippen LogP contribution in [0.5, 0.6) is 0 Å². The van der Waals surface area contributed by atoms with E-state index in [0.29, 0.717) is 6.42 Å². The third-order valence-electron chi connectivity index (χ3n) is 3.01. The van der Waals surface area contributed by atoms with Gasteiger partial charge in [0.2, 0.25) is 5.91 Å². The average Bonchev–Trinajstić information content (AvgIpc) is 2.74. The fourth-order valence-electron chi connectivity index (χ4n) is 1.62. The van der Waals surface area contributed by atoms with Crippen LogP contribution in [0.4, 0.5) is 0 Å². The molecule has 0 bridgehead atoms. The maximum absolute atomic E-state index is 11.6. The molecule has 1 fully saturated rings. The second kappa shape index (κ2) is 4.00. The highest BCUT2D eigenvalue weighted by Gasteiger charge is 2.50. The molecule has 1 aliphatic rings. The Morgan fingerprint density at radius 3 is 2.64 bits per heavy atom. The fourth-order valence-corrected chi connectivity index (χ4v) is 1.62. The number of hydrogen-bond acceptors (Lipinski definition) is 2. The first-order valence-electron chi connectivity index (χ1n) is 5.18. The van der Waals surface area contributed by atoms with E-state index >= 15 is 0 Å². The highest BCUT2D eigenvalue weighted by atomic mass is 16.2. The first kappa shape index (κ1) is 11.0. The van der Waals surface area contributed by atoms with Crippen molar-refractivity contribution in [3.8, 4) is 6.07 Å². The van der Waals surface area contributed by atoms with Gasteiger partial charge in [0, 0.05) is 12.0 Å². The number of nitrogens with zero attached hydrogens (tertiary/aromatic N) is 1. The number of carbonyl (C=O) groups excluding carboxylic acids is 1. The van der Waals surface area contributed by atoms with Crippen LogP contribution >= 0.6 is 0 Å². The lowest BCUT2D eigenvalue weighted by atomic mass is 10.1. The Labute approximate surface area is 85.5 Å². The molecule has 3 heteroatoms. The molecule has 14 heavy (non-hydrogen) atoms. The van der Waals surface area contributed by atoms with Crippen LogP contribution in [0.3, 0.4) is 0 Å². The third kappa shape index (κ3) is 2.47. The van der Waals surface area contributed by atoms with E-state index in [1.807, 2.05) is 6.92 Å². The third-order valence-corrected chi connectivity index (χ3v) is 3.01. The van der Waals surface area contributed by atoms with Crippen molar-refractivity contribution >= 4 is 5.91 Å². The van der Waals surface area contributed by atoms with Crippen LogP contribution in [0, 0.1) is 22.7 Å². The number of nitrogens with one attached hydrogen (secondary N) is 1. The zero-order valence-electron chi connectivity index (χ0n) is 9.13. The minimum atomic E-state index is 0.0314. The number of nitriles is 1. The van der Waals surface area contributed by atoms with E-state index < -0.39 is 0 Å². The molecule has 0 spiro atoms. The zero-order valence-corrected chi connectivity index (χ0v) is 9.13. The summed E-state index contributed by atoms with van der Waals surface area (Å²) in [6.07, 6.45) is 2.21. The van der Waals surface area contributed by atoms with Gasteiger partial charge in [-0.3, -0.25) is 4.79 Å². The topological polar surface area (TPSA) is 52.9 Å². The normalized spacial score (nSPS) is 24.9. The van der Waals surface area contributed by atoms with E-state index in [9.17, 15) is 4.79 Å². The van der Waals surface area contributed by atoms with E-state index in [1.165, 1.54) is 0 Å². The van der Waals surface area contributed by atoms with Gasteiger partial charge in [-0.1, -0.05) is 20.8 Å². The number of amides is 1. The minimum Gasteiger partial charge on any atom is -0.352 e.